The van der Waals surface area contributed by atoms with Gasteiger partial charge in [0.25, 0.3) is 5.91 Å². The Kier molecular flexibility index (Phi) is 6.31. The van der Waals surface area contributed by atoms with Crippen molar-refractivity contribution in [1.82, 2.24) is 9.62 Å². The van der Waals surface area contributed by atoms with Gasteiger partial charge in [-0.3, -0.25) is 4.79 Å². The normalized spacial score (nSPS) is 17.5. The van der Waals surface area contributed by atoms with Crippen LogP contribution in [0.2, 0.25) is 0 Å². The summed E-state index contributed by atoms with van der Waals surface area (Å²) in [5.41, 5.74) is 0.0984. The van der Waals surface area contributed by atoms with Crippen LogP contribution in [-0.2, 0) is 22.7 Å². The number of hydrogen-bond donors (Lipinski definition) is 1. The maximum atomic E-state index is 13.2. The third-order valence-corrected chi connectivity index (χ3v) is 7.47. The smallest absolute Gasteiger partial charge is 0.331 e. The fourth-order valence-corrected chi connectivity index (χ4v) is 5.39. The molecule has 2 aromatic carbocycles. The molecule has 172 valence electrons. The van der Waals surface area contributed by atoms with Crippen LogP contribution in [0.25, 0.3) is 0 Å². The second-order valence-electron chi connectivity index (χ2n) is 8.49. The number of sulfonamides is 1. The van der Waals surface area contributed by atoms with Crippen LogP contribution in [0.3, 0.4) is 0 Å². The van der Waals surface area contributed by atoms with Crippen molar-refractivity contribution < 1.29 is 26.4 Å². The first-order chi connectivity index (χ1) is 15.1. The summed E-state index contributed by atoms with van der Waals surface area (Å²) in [6, 6.07) is 10.6. The summed E-state index contributed by atoms with van der Waals surface area (Å²) in [5.74, 6) is -0.328. The molecule has 2 aliphatic carbocycles. The Labute approximate surface area is 185 Å². The largest absolute Gasteiger partial charge is 0.416 e. The van der Waals surface area contributed by atoms with Gasteiger partial charge in [-0.15, -0.1) is 0 Å². The minimum absolute atomic E-state index is 0.00155. The molecule has 2 fully saturated rings. The molecule has 2 aromatic rings. The molecule has 2 saturated carbocycles. The van der Waals surface area contributed by atoms with Gasteiger partial charge in [0.05, 0.1) is 10.5 Å². The molecule has 0 bridgehead atoms. The highest BCUT2D eigenvalue weighted by Gasteiger charge is 2.34. The lowest BCUT2D eigenvalue weighted by Crippen LogP contribution is -2.34. The summed E-state index contributed by atoms with van der Waals surface area (Å²) in [6.07, 6.45) is 0.809. The first-order valence-electron chi connectivity index (χ1n) is 10.7. The number of nitrogens with one attached hydrogen (secondary N) is 1. The minimum Gasteiger partial charge on any atom is -0.331 e. The maximum absolute atomic E-state index is 13.2. The van der Waals surface area contributed by atoms with Gasteiger partial charge >= 0.3 is 6.18 Å². The Morgan fingerprint density at radius 3 is 2.25 bits per heavy atom. The Morgan fingerprint density at radius 2 is 1.66 bits per heavy atom. The molecule has 4 rings (SSSR count). The highest BCUT2D eigenvalue weighted by atomic mass is 32.2. The number of halogens is 3. The van der Waals surface area contributed by atoms with Crippen LogP contribution in [0.4, 0.5) is 13.2 Å². The van der Waals surface area contributed by atoms with Crippen molar-refractivity contribution in [3.63, 3.8) is 0 Å². The maximum Gasteiger partial charge on any atom is 0.416 e. The number of hydrogen-bond acceptors (Lipinski definition) is 3. The van der Waals surface area contributed by atoms with Crippen LogP contribution in [0, 0.1) is 0 Å². The van der Waals surface area contributed by atoms with E-state index in [4.69, 9.17) is 0 Å². The number of carbonyl (C=O) groups excluding carboxylic acids is 1. The molecule has 1 amide bonds. The van der Waals surface area contributed by atoms with Crippen LogP contribution < -0.4 is 4.72 Å². The van der Waals surface area contributed by atoms with E-state index in [9.17, 15) is 26.4 Å². The number of amides is 1. The Bertz CT molecular complexity index is 1070. The SMILES string of the molecule is O=C(c1cccc(S(=O)(=O)NC2CCCC2)c1)N(Cc1ccc(C(F)(F)F)cc1)C1CC1. The zero-order chi connectivity index (χ0) is 22.9. The molecule has 0 aromatic heterocycles. The van der Waals surface area contributed by atoms with Crippen molar-refractivity contribution in [3.8, 4) is 0 Å². The summed E-state index contributed by atoms with van der Waals surface area (Å²) in [4.78, 5) is 14.9. The quantitative estimate of drug-likeness (QED) is 0.642. The van der Waals surface area contributed by atoms with Gasteiger partial charge in [-0.25, -0.2) is 13.1 Å². The molecule has 9 heteroatoms. The lowest BCUT2D eigenvalue weighted by Gasteiger charge is -2.23. The van der Waals surface area contributed by atoms with Gasteiger partial charge in [0.2, 0.25) is 10.0 Å². The average Bonchev–Trinajstić information content (AvgIpc) is 3.48. The van der Waals surface area contributed by atoms with Gasteiger partial charge in [-0.05, 0) is 61.6 Å². The molecular weight excluding hydrogens is 441 g/mol. The van der Waals surface area contributed by atoms with Crippen molar-refractivity contribution in [1.29, 1.82) is 0 Å². The van der Waals surface area contributed by atoms with Gasteiger partial charge < -0.3 is 4.90 Å². The topological polar surface area (TPSA) is 66.5 Å². The van der Waals surface area contributed by atoms with E-state index < -0.39 is 21.8 Å². The molecule has 0 saturated heterocycles. The second kappa shape index (κ2) is 8.86. The standard InChI is InChI=1S/C23H25F3N2O3S/c24-23(25,26)18-10-8-16(9-11-18)15-28(20-12-13-20)22(29)17-4-3-7-21(14-17)32(30,31)27-19-5-1-2-6-19/h3-4,7-11,14,19-20,27H,1-2,5-6,12-13,15H2. The van der Waals surface area contributed by atoms with E-state index in [2.05, 4.69) is 4.72 Å². The van der Waals surface area contributed by atoms with Crippen LogP contribution in [0.1, 0.15) is 60.0 Å². The molecule has 0 atom stereocenters. The number of nitrogens with zero attached hydrogens (tertiary/aromatic N) is 1. The number of rotatable bonds is 7. The van der Waals surface area contributed by atoms with E-state index >= 15 is 0 Å². The predicted octanol–water partition coefficient (Wildman–Crippen LogP) is 4.73. The highest BCUT2D eigenvalue weighted by molar-refractivity contribution is 7.89. The van der Waals surface area contributed by atoms with Gasteiger partial charge in [0, 0.05) is 24.2 Å². The van der Waals surface area contributed by atoms with E-state index in [1.807, 2.05) is 0 Å². The lowest BCUT2D eigenvalue weighted by molar-refractivity contribution is -0.137. The molecule has 5 nitrogen and oxygen atoms in total. The third-order valence-electron chi connectivity index (χ3n) is 5.95. The average molecular weight is 467 g/mol. The van der Waals surface area contributed by atoms with Crippen LogP contribution in [0.15, 0.2) is 53.4 Å². The fourth-order valence-electron chi connectivity index (χ4n) is 4.04. The van der Waals surface area contributed by atoms with Gasteiger partial charge in [0.1, 0.15) is 0 Å². The summed E-state index contributed by atoms with van der Waals surface area (Å²) in [7, 11) is -3.73. The van der Waals surface area contributed by atoms with Crippen molar-refractivity contribution >= 4 is 15.9 Å². The van der Waals surface area contributed by atoms with Crippen LogP contribution in [-0.4, -0.2) is 31.3 Å². The Morgan fingerprint density at radius 1 is 1.00 bits per heavy atom. The number of benzene rings is 2. The van der Waals surface area contributed by atoms with Crippen molar-refractivity contribution in [2.24, 2.45) is 0 Å². The molecule has 0 spiro atoms. The molecule has 0 unspecified atom stereocenters. The predicted molar refractivity (Wildman–Crippen MR) is 113 cm³/mol. The first-order valence-corrected chi connectivity index (χ1v) is 12.2. The van der Waals surface area contributed by atoms with Crippen LogP contribution >= 0.6 is 0 Å². The Hall–Kier alpha value is -2.39. The van der Waals surface area contributed by atoms with E-state index in [0.29, 0.717) is 5.56 Å². The molecule has 0 radical (unpaired) electrons. The van der Waals surface area contributed by atoms with Crippen molar-refractivity contribution in [2.75, 3.05) is 0 Å². The molecular formula is C23H25F3N2O3S. The van der Waals surface area contributed by atoms with Gasteiger partial charge in [0.15, 0.2) is 0 Å². The zero-order valence-electron chi connectivity index (χ0n) is 17.4. The van der Waals surface area contributed by atoms with Gasteiger partial charge in [-0.2, -0.15) is 13.2 Å². The molecule has 0 aliphatic heterocycles. The second-order valence-corrected chi connectivity index (χ2v) is 10.2. The van der Waals surface area contributed by atoms with E-state index in [1.54, 1.807) is 17.0 Å². The minimum atomic E-state index is -4.41. The number of carbonyl (C=O) groups is 1. The van der Waals surface area contributed by atoms with E-state index in [0.717, 1.165) is 50.7 Å². The van der Waals surface area contributed by atoms with Crippen LogP contribution in [0.5, 0.6) is 0 Å². The summed E-state index contributed by atoms with van der Waals surface area (Å²) >= 11 is 0. The first kappa shape index (κ1) is 22.8. The molecule has 1 N–H and O–H groups in total. The number of alkyl halides is 3. The molecule has 0 heterocycles. The molecule has 32 heavy (non-hydrogen) atoms. The monoisotopic (exact) mass is 466 g/mol. The van der Waals surface area contributed by atoms with E-state index in [1.165, 1.54) is 24.3 Å². The molecule has 2 aliphatic rings. The zero-order valence-corrected chi connectivity index (χ0v) is 18.3. The summed E-state index contributed by atoms with van der Waals surface area (Å²) < 4.78 is 66.7. The summed E-state index contributed by atoms with van der Waals surface area (Å²) in [5, 5.41) is 0. The lowest BCUT2D eigenvalue weighted by atomic mass is 10.1. The highest BCUT2D eigenvalue weighted by Crippen LogP contribution is 2.32. The fraction of sp³-hybridized carbons (Fsp3) is 0.435. The Balaban J connectivity index is 1.52. The third kappa shape index (κ3) is 5.32. The van der Waals surface area contributed by atoms with Gasteiger partial charge in [-0.1, -0.05) is 31.0 Å². The summed E-state index contributed by atoms with van der Waals surface area (Å²) in [6.45, 7) is 0.166. The van der Waals surface area contributed by atoms with Crippen molar-refractivity contribution in [2.45, 2.75) is 68.2 Å². The van der Waals surface area contributed by atoms with Crippen molar-refractivity contribution in [3.05, 3.63) is 65.2 Å². The van der Waals surface area contributed by atoms with E-state index in [-0.39, 0.29) is 35.0 Å².